The lowest BCUT2D eigenvalue weighted by Gasteiger charge is -2.16. The minimum Gasteiger partial charge on any atom is -0.313 e. The molecule has 100 valence electrons. The van der Waals surface area contributed by atoms with Gasteiger partial charge in [-0.3, -0.25) is 4.90 Å². The molecular weight excluding hydrogens is 227 g/mol. The van der Waals surface area contributed by atoms with E-state index in [9.17, 15) is 4.39 Å². The van der Waals surface area contributed by atoms with Crippen LogP contribution < -0.4 is 5.32 Å². The molecule has 0 amide bonds. The van der Waals surface area contributed by atoms with Crippen molar-refractivity contribution in [2.75, 3.05) is 19.6 Å². The molecule has 1 aromatic rings. The largest absolute Gasteiger partial charge is 0.313 e. The van der Waals surface area contributed by atoms with Crippen LogP contribution in [0.15, 0.2) is 18.2 Å². The molecule has 2 nitrogen and oxygen atoms in total. The number of halogens is 1. The first-order valence-electron chi connectivity index (χ1n) is 6.89. The number of rotatable bonds is 5. The van der Waals surface area contributed by atoms with E-state index in [4.69, 9.17) is 0 Å². The molecule has 1 atom stereocenters. The smallest absolute Gasteiger partial charge is 0.127 e. The van der Waals surface area contributed by atoms with Gasteiger partial charge in [0.1, 0.15) is 5.82 Å². The van der Waals surface area contributed by atoms with Gasteiger partial charge in [-0.25, -0.2) is 4.39 Å². The summed E-state index contributed by atoms with van der Waals surface area (Å²) in [5.41, 5.74) is 2.00. The number of hydrogen-bond donors (Lipinski definition) is 1. The Hall–Kier alpha value is -0.930. The Kier molecular flexibility index (Phi) is 4.72. The highest BCUT2D eigenvalue weighted by molar-refractivity contribution is 5.25. The standard InChI is InChI=1S/C15H23FN2/c1-3-17-9-13-4-5-15(16)14(8-13)11-18-7-6-12(2)10-18/h4-5,8,12,17H,3,6-7,9-11H2,1-2H3. The molecule has 1 unspecified atom stereocenters. The summed E-state index contributed by atoms with van der Waals surface area (Å²) >= 11 is 0. The second-order valence-corrected chi connectivity index (χ2v) is 5.34. The molecule has 0 saturated carbocycles. The van der Waals surface area contributed by atoms with Crippen LogP contribution in [0.4, 0.5) is 4.39 Å². The maximum Gasteiger partial charge on any atom is 0.127 e. The van der Waals surface area contributed by atoms with Crippen LogP contribution in [0.1, 0.15) is 31.4 Å². The van der Waals surface area contributed by atoms with Gasteiger partial charge in [0.15, 0.2) is 0 Å². The fourth-order valence-electron chi connectivity index (χ4n) is 2.54. The second-order valence-electron chi connectivity index (χ2n) is 5.34. The van der Waals surface area contributed by atoms with Gasteiger partial charge < -0.3 is 5.32 Å². The minimum atomic E-state index is -0.0743. The highest BCUT2D eigenvalue weighted by Crippen LogP contribution is 2.20. The summed E-state index contributed by atoms with van der Waals surface area (Å²) in [6.45, 7) is 9.04. The monoisotopic (exact) mass is 250 g/mol. The van der Waals surface area contributed by atoms with Gasteiger partial charge in [0.05, 0.1) is 0 Å². The number of likely N-dealkylation sites (tertiary alicyclic amines) is 1. The fourth-order valence-corrected chi connectivity index (χ4v) is 2.54. The molecule has 1 aliphatic rings. The topological polar surface area (TPSA) is 15.3 Å². The molecule has 1 N–H and O–H groups in total. The van der Waals surface area contributed by atoms with E-state index in [-0.39, 0.29) is 5.82 Å². The highest BCUT2D eigenvalue weighted by Gasteiger charge is 2.19. The summed E-state index contributed by atoms with van der Waals surface area (Å²) in [4.78, 5) is 2.35. The lowest BCUT2D eigenvalue weighted by molar-refractivity contribution is 0.315. The van der Waals surface area contributed by atoms with Crippen LogP contribution >= 0.6 is 0 Å². The minimum absolute atomic E-state index is 0.0743. The van der Waals surface area contributed by atoms with E-state index >= 15 is 0 Å². The lowest BCUT2D eigenvalue weighted by Crippen LogP contribution is -2.20. The Morgan fingerprint density at radius 3 is 2.94 bits per heavy atom. The molecule has 1 fully saturated rings. The molecule has 1 saturated heterocycles. The average molecular weight is 250 g/mol. The van der Waals surface area contributed by atoms with Crippen LogP contribution in [0.5, 0.6) is 0 Å². The van der Waals surface area contributed by atoms with E-state index in [0.717, 1.165) is 44.2 Å². The summed E-state index contributed by atoms with van der Waals surface area (Å²) in [5, 5.41) is 3.28. The molecule has 2 rings (SSSR count). The van der Waals surface area contributed by atoms with Crippen molar-refractivity contribution in [2.24, 2.45) is 5.92 Å². The number of benzene rings is 1. The van der Waals surface area contributed by atoms with Crippen LogP contribution in [0.2, 0.25) is 0 Å². The Balaban J connectivity index is 2.01. The lowest BCUT2D eigenvalue weighted by atomic mass is 10.1. The third-order valence-corrected chi connectivity index (χ3v) is 3.59. The molecular formula is C15H23FN2. The van der Waals surface area contributed by atoms with E-state index in [1.165, 1.54) is 12.0 Å². The first-order valence-corrected chi connectivity index (χ1v) is 6.89. The summed E-state index contributed by atoms with van der Waals surface area (Å²) in [7, 11) is 0. The fraction of sp³-hybridized carbons (Fsp3) is 0.600. The first kappa shape index (κ1) is 13.5. The van der Waals surface area contributed by atoms with Gasteiger partial charge in [-0.05, 0) is 37.1 Å². The number of hydrogen-bond acceptors (Lipinski definition) is 2. The van der Waals surface area contributed by atoms with Crippen molar-refractivity contribution in [3.8, 4) is 0 Å². The van der Waals surface area contributed by atoms with E-state index in [0.29, 0.717) is 0 Å². The zero-order valence-corrected chi connectivity index (χ0v) is 11.4. The quantitative estimate of drug-likeness (QED) is 0.864. The highest BCUT2D eigenvalue weighted by atomic mass is 19.1. The molecule has 0 radical (unpaired) electrons. The van der Waals surface area contributed by atoms with Gasteiger partial charge in [0.25, 0.3) is 0 Å². The van der Waals surface area contributed by atoms with E-state index in [1.807, 2.05) is 12.1 Å². The Morgan fingerprint density at radius 1 is 1.44 bits per heavy atom. The van der Waals surface area contributed by atoms with Crippen molar-refractivity contribution < 1.29 is 4.39 Å². The molecule has 0 spiro atoms. The number of nitrogens with zero attached hydrogens (tertiary/aromatic N) is 1. The van der Waals surface area contributed by atoms with E-state index in [2.05, 4.69) is 24.1 Å². The van der Waals surface area contributed by atoms with Gasteiger partial charge in [0, 0.05) is 25.2 Å². The SMILES string of the molecule is CCNCc1ccc(F)c(CN2CCC(C)C2)c1. The third kappa shape index (κ3) is 3.53. The van der Waals surface area contributed by atoms with Gasteiger partial charge in [-0.1, -0.05) is 26.0 Å². The second kappa shape index (κ2) is 6.30. The van der Waals surface area contributed by atoms with Crippen molar-refractivity contribution in [3.63, 3.8) is 0 Å². The molecule has 0 aliphatic carbocycles. The van der Waals surface area contributed by atoms with Crippen LogP contribution in [0.3, 0.4) is 0 Å². The normalized spacial score (nSPS) is 20.5. The molecule has 1 aromatic carbocycles. The summed E-state index contributed by atoms with van der Waals surface area (Å²) in [6, 6.07) is 5.47. The third-order valence-electron chi connectivity index (χ3n) is 3.59. The molecule has 0 aromatic heterocycles. The van der Waals surface area contributed by atoms with Gasteiger partial charge in [0.2, 0.25) is 0 Å². The Bertz CT molecular complexity index is 392. The van der Waals surface area contributed by atoms with Gasteiger partial charge in [-0.15, -0.1) is 0 Å². The summed E-state index contributed by atoms with van der Waals surface area (Å²) in [5.74, 6) is 0.674. The summed E-state index contributed by atoms with van der Waals surface area (Å²) < 4.78 is 13.8. The van der Waals surface area contributed by atoms with Gasteiger partial charge >= 0.3 is 0 Å². The Labute approximate surface area is 109 Å². The Morgan fingerprint density at radius 2 is 2.28 bits per heavy atom. The maximum atomic E-state index is 13.8. The van der Waals surface area contributed by atoms with Crippen molar-refractivity contribution in [3.05, 3.63) is 35.1 Å². The van der Waals surface area contributed by atoms with Gasteiger partial charge in [-0.2, -0.15) is 0 Å². The molecule has 0 bridgehead atoms. The van der Waals surface area contributed by atoms with Crippen molar-refractivity contribution in [1.82, 2.24) is 10.2 Å². The molecule has 1 heterocycles. The van der Waals surface area contributed by atoms with Crippen molar-refractivity contribution in [1.29, 1.82) is 0 Å². The first-order chi connectivity index (χ1) is 8.69. The van der Waals surface area contributed by atoms with Crippen LogP contribution in [-0.4, -0.2) is 24.5 Å². The van der Waals surface area contributed by atoms with Crippen molar-refractivity contribution in [2.45, 2.75) is 33.4 Å². The zero-order valence-electron chi connectivity index (χ0n) is 11.4. The molecule has 18 heavy (non-hydrogen) atoms. The predicted molar refractivity (Wildman–Crippen MR) is 72.8 cm³/mol. The van der Waals surface area contributed by atoms with Crippen LogP contribution in [0.25, 0.3) is 0 Å². The maximum absolute atomic E-state index is 13.8. The van der Waals surface area contributed by atoms with Crippen LogP contribution in [0, 0.1) is 11.7 Å². The summed E-state index contributed by atoms with van der Waals surface area (Å²) in [6.07, 6.45) is 1.23. The van der Waals surface area contributed by atoms with Crippen molar-refractivity contribution >= 4 is 0 Å². The predicted octanol–water partition coefficient (Wildman–Crippen LogP) is 2.78. The zero-order chi connectivity index (χ0) is 13.0. The van der Waals surface area contributed by atoms with E-state index in [1.54, 1.807) is 6.07 Å². The molecule has 1 aliphatic heterocycles. The number of nitrogens with one attached hydrogen (secondary N) is 1. The average Bonchev–Trinajstić information content (AvgIpc) is 2.76. The van der Waals surface area contributed by atoms with E-state index < -0.39 is 0 Å². The molecule has 3 heteroatoms. The van der Waals surface area contributed by atoms with Crippen LogP contribution in [-0.2, 0) is 13.1 Å².